The number of allylic oxidation sites excluding steroid dienone is 1. The Morgan fingerprint density at radius 1 is 0.821 bits per heavy atom. The van der Waals surface area contributed by atoms with Gasteiger partial charge in [-0.05, 0) is 106 Å². The van der Waals surface area contributed by atoms with E-state index in [9.17, 15) is 0 Å². The SMILES string of the molecule is C=C(C)[C@H]1CCC2C3C(CC[C@@]21C)[C@@]1(C)CC[C@H](C)CC1[C@H]1OC(C)(C)O[C@H]31. The molecule has 4 aliphatic carbocycles. The lowest BCUT2D eigenvalue weighted by atomic mass is 9.43. The molecule has 10 atom stereocenters. The van der Waals surface area contributed by atoms with Gasteiger partial charge in [0.25, 0.3) is 0 Å². The molecule has 1 heterocycles. The van der Waals surface area contributed by atoms with E-state index >= 15 is 0 Å². The van der Waals surface area contributed by atoms with Crippen LogP contribution in [0.3, 0.4) is 0 Å². The smallest absolute Gasteiger partial charge is 0.163 e. The van der Waals surface area contributed by atoms with Gasteiger partial charge in [0, 0.05) is 0 Å². The first-order valence-electron chi connectivity index (χ1n) is 12.1. The highest BCUT2D eigenvalue weighted by atomic mass is 16.8. The Morgan fingerprint density at radius 3 is 2.18 bits per heavy atom. The van der Waals surface area contributed by atoms with Crippen molar-refractivity contribution >= 4 is 0 Å². The van der Waals surface area contributed by atoms with E-state index in [0.29, 0.717) is 40.8 Å². The molecule has 28 heavy (non-hydrogen) atoms. The fourth-order valence-electron chi connectivity index (χ4n) is 9.19. The lowest BCUT2D eigenvalue weighted by Crippen LogP contribution is -2.62. The van der Waals surface area contributed by atoms with Crippen LogP contribution in [0.1, 0.15) is 86.5 Å². The average molecular weight is 387 g/mol. The van der Waals surface area contributed by atoms with Gasteiger partial charge >= 0.3 is 0 Å². The number of ether oxygens (including phenoxy) is 2. The fraction of sp³-hybridized carbons (Fsp3) is 0.923. The van der Waals surface area contributed by atoms with Crippen molar-refractivity contribution in [1.29, 1.82) is 0 Å². The molecular weight excluding hydrogens is 344 g/mol. The summed E-state index contributed by atoms with van der Waals surface area (Å²) in [5.74, 6) is 4.03. The van der Waals surface area contributed by atoms with E-state index < -0.39 is 5.79 Å². The summed E-state index contributed by atoms with van der Waals surface area (Å²) in [6, 6.07) is 0. The van der Waals surface area contributed by atoms with E-state index in [-0.39, 0.29) is 0 Å². The summed E-state index contributed by atoms with van der Waals surface area (Å²) in [7, 11) is 0. The molecule has 1 aliphatic heterocycles. The molecule has 1 saturated heterocycles. The maximum atomic E-state index is 6.76. The van der Waals surface area contributed by atoms with Crippen molar-refractivity contribution < 1.29 is 9.47 Å². The van der Waals surface area contributed by atoms with Crippen LogP contribution in [0.15, 0.2) is 12.2 Å². The molecular formula is C26H42O2. The Labute approximate surface area is 172 Å². The predicted molar refractivity (Wildman–Crippen MR) is 114 cm³/mol. The second-order valence-electron chi connectivity index (χ2n) is 12.4. The van der Waals surface area contributed by atoms with Crippen molar-refractivity contribution in [1.82, 2.24) is 0 Å². The molecule has 0 aromatic heterocycles. The highest BCUT2D eigenvalue weighted by molar-refractivity contribution is 5.18. The van der Waals surface area contributed by atoms with E-state index in [2.05, 4.69) is 48.1 Å². The van der Waals surface area contributed by atoms with Crippen molar-refractivity contribution in [3.8, 4) is 0 Å². The zero-order chi connectivity index (χ0) is 20.1. The molecule has 0 bridgehead atoms. The van der Waals surface area contributed by atoms with Crippen LogP contribution in [0.5, 0.6) is 0 Å². The zero-order valence-electron chi connectivity index (χ0n) is 19.1. The molecule has 0 radical (unpaired) electrons. The number of fused-ring (bicyclic) bond motifs is 8. The summed E-state index contributed by atoms with van der Waals surface area (Å²) in [6.07, 6.45) is 10.2. The van der Waals surface area contributed by atoms with Crippen LogP contribution in [0, 0.1) is 46.3 Å². The van der Waals surface area contributed by atoms with E-state index in [4.69, 9.17) is 9.47 Å². The monoisotopic (exact) mass is 386 g/mol. The molecule has 0 aromatic rings. The van der Waals surface area contributed by atoms with E-state index in [1.54, 1.807) is 0 Å². The van der Waals surface area contributed by atoms with Crippen LogP contribution in [0.2, 0.25) is 0 Å². The van der Waals surface area contributed by atoms with Gasteiger partial charge in [-0.25, -0.2) is 0 Å². The predicted octanol–water partition coefficient (Wildman–Crippen LogP) is 6.60. The average Bonchev–Trinajstić information content (AvgIpc) is 3.12. The Bertz CT molecular complexity index is 667. The van der Waals surface area contributed by atoms with Crippen LogP contribution in [0.25, 0.3) is 0 Å². The summed E-state index contributed by atoms with van der Waals surface area (Å²) in [4.78, 5) is 0. The first-order valence-corrected chi connectivity index (χ1v) is 12.1. The van der Waals surface area contributed by atoms with Crippen molar-refractivity contribution in [2.24, 2.45) is 46.3 Å². The first-order chi connectivity index (χ1) is 13.1. The van der Waals surface area contributed by atoms with Crippen LogP contribution in [-0.2, 0) is 9.47 Å². The van der Waals surface area contributed by atoms with Crippen molar-refractivity contribution in [3.63, 3.8) is 0 Å². The summed E-state index contributed by atoms with van der Waals surface area (Å²) >= 11 is 0. The third-order valence-corrected chi connectivity index (χ3v) is 10.4. The van der Waals surface area contributed by atoms with Gasteiger partial charge in [-0.15, -0.1) is 0 Å². The summed E-state index contributed by atoms with van der Waals surface area (Å²) in [6.45, 7) is 18.7. The summed E-state index contributed by atoms with van der Waals surface area (Å²) in [5, 5.41) is 0. The van der Waals surface area contributed by atoms with Gasteiger partial charge in [0.1, 0.15) is 0 Å². The van der Waals surface area contributed by atoms with Gasteiger partial charge in [-0.1, -0.05) is 39.3 Å². The van der Waals surface area contributed by atoms with Gasteiger partial charge in [-0.2, -0.15) is 0 Å². The van der Waals surface area contributed by atoms with Gasteiger partial charge in [0.2, 0.25) is 0 Å². The standard InChI is InChI=1S/C26H42O2/c1-15(2)17-8-9-18-21-19(11-13-25(17,18)6)26(7)12-10-16(3)14-20(26)22-23(21)28-24(4,5)27-22/h16-23H,1,8-14H2,2-7H3/t16-,17+,18?,19?,20?,21?,22+,23+,25+,26+/m0/s1. The topological polar surface area (TPSA) is 18.5 Å². The number of rotatable bonds is 1. The second-order valence-corrected chi connectivity index (χ2v) is 12.4. The van der Waals surface area contributed by atoms with Crippen molar-refractivity contribution in [2.75, 3.05) is 0 Å². The molecule has 0 amide bonds. The highest BCUT2D eigenvalue weighted by Crippen LogP contribution is 2.70. The molecule has 4 unspecified atom stereocenters. The molecule has 2 heteroatoms. The molecule has 4 saturated carbocycles. The molecule has 0 aromatic carbocycles. The molecule has 158 valence electrons. The van der Waals surface area contributed by atoms with Gasteiger partial charge in [-0.3, -0.25) is 0 Å². The number of hydrogen-bond donors (Lipinski definition) is 0. The van der Waals surface area contributed by atoms with Crippen LogP contribution >= 0.6 is 0 Å². The molecule has 0 spiro atoms. The minimum atomic E-state index is -0.425. The van der Waals surface area contributed by atoms with E-state index in [0.717, 1.165) is 17.8 Å². The Morgan fingerprint density at radius 2 is 1.46 bits per heavy atom. The van der Waals surface area contributed by atoms with Crippen LogP contribution in [0.4, 0.5) is 0 Å². The van der Waals surface area contributed by atoms with Crippen molar-refractivity contribution in [3.05, 3.63) is 12.2 Å². The first kappa shape index (κ1) is 19.6. The van der Waals surface area contributed by atoms with Crippen LogP contribution < -0.4 is 0 Å². The zero-order valence-corrected chi connectivity index (χ0v) is 19.1. The van der Waals surface area contributed by atoms with Crippen molar-refractivity contribution in [2.45, 2.75) is 104 Å². The highest BCUT2D eigenvalue weighted by Gasteiger charge is 2.68. The van der Waals surface area contributed by atoms with Gasteiger partial charge < -0.3 is 9.47 Å². The van der Waals surface area contributed by atoms with Crippen LogP contribution in [-0.4, -0.2) is 18.0 Å². The maximum absolute atomic E-state index is 6.76. The third-order valence-electron chi connectivity index (χ3n) is 10.4. The number of hydrogen-bond acceptors (Lipinski definition) is 2. The Balaban J connectivity index is 1.57. The molecule has 5 rings (SSSR count). The minimum Gasteiger partial charge on any atom is -0.344 e. The maximum Gasteiger partial charge on any atom is 0.163 e. The molecule has 5 aliphatic rings. The van der Waals surface area contributed by atoms with E-state index in [1.807, 2.05) is 0 Å². The lowest BCUT2D eigenvalue weighted by molar-refractivity contribution is -0.182. The largest absolute Gasteiger partial charge is 0.344 e. The fourth-order valence-corrected chi connectivity index (χ4v) is 9.19. The summed E-state index contributed by atoms with van der Waals surface area (Å²) in [5.41, 5.74) is 2.26. The lowest BCUT2D eigenvalue weighted by Gasteiger charge is -2.63. The Hall–Kier alpha value is -0.340. The normalized spacial score (nSPS) is 57.1. The second kappa shape index (κ2) is 6.10. The molecule has 5 fully saturated rings. The summed E-state index contributed by atoms with van der Waals surface area (Å²) < 4.78 is 13.5. The third kappa shape index (κ3) is 2.52. The molecule has 2 nitrogen and oxygen atoms in total. The van der Waals surface area contributed by atoms with Gasteiger partial charge in [0.05, 0.1) is 12.2 Å². The quantitative estimate of drug-likeness (QED) is 0.473. The van der Waals surface area contributed by atoms with Gasteiger partial charge in [0.15, 0.2) is 5.79 Å². The van der Waals surface area contributed by atoms with E-state index in [1.165, 1.54) is 50.5 Å². The molecule has 0 N–H and O–H groups in total. The Kier molecular flexibility index (Phi) is 4.27. The minimum absolute atomic E-state index is 0.301.